The Bertz CT molecular complexity index is 77.4. The van der Waals surface area contributed by atoms with Crippen LogP contribution in [0.5, 0.6) is 0 Å². The number of nitrogens with two attached hydrogens (primary N) is 1. The largest absolute Gasteiger partial charge is 0.299 e. The van der Waals surface area contributed by atoms with Gasteiger partial charge >= 0.3 is 0 Å². The van der Waals surface area contributed by atoms with Crippen LogP contribution in [-0.4, -0.2) is 15.8 Å². The van der Waals surface area contributed by atoms with E-state index in [4.69, 9.17) is 10.7 Å². The van der Waals surface area contributed by atoms with E-state index in [2.05, 4.69) is 6.92 Å². The molecule has 9 heavy (non-hydrogen) atoms. The van der Waals surface area contributed by atoms with Crippen LogP contribution in [0.4, 0.5) is 0 Å². The van der Waals surface area contributed by atoms with Crippen molar-refractivity contribution in [3.05, 3.63) is 0 Å². The Labute approximate surface area is 65.9 Å². The van der Waals surface area contributed by atoms with Crippen molar-refractivity contribution in [3.63, 3.8) is 0 Å². The molecule has 0 spiro atoms. The highest BCUT2D eigenvalue weighted by Crippen LogP contribution is 2.20. The lowest BCUT2D eigenvalue weighted by molar-refractivity contribution is -0.0209. The summed E-state index contributed by atoms with van der Waals surface area (Å²) in [4.78, 5) is 4.73. The number of hydrogen-bond acceptors (Lipinski definition) is 2. The summed E-state index contributed by atoms with van der Waals surface area (Å²) in [5.41, 5.74) is 0.485. The van der Waals surface area contributed by atoms with Crippen LogP contribution in [0.2, 0.25) is 5.54 Å². The van der Waals surface area contributed by atoms with Crippen molar-refractivity contribution in [2.24, 2.45) is 5.90 Å². The molecule has 0 heterocycles. The minimum Gasteiger partial charge on any atom is -0.299 e. The number of hydrogen-bond donors (Lipinski definition) is 1. The van der Waals surface area contributed by atoms with Crippen molar-refractivity contribution in [2.45, 2.75) is 31.9 Å². The molecular weight excluding hydrogens is 154 g/mol. The molecule has 0 saturated heterocycles. The lowest BCUT2D eigenvalue weighted by atomic mass is 10.1. The number of rotatable bonds is 2. The summed E-state index contributed by atoms with van der Waals surface area (Å²) in [5.74, 6) is 5.03. The molecule has 0 bridgehead atoms. The summed E-state index contributed by atoms with van der Waals surface area (Å²) in [7, 11) is 1.13. The van der Waals surface area contributed by atoms with E-state index < -0.39 is 0 Å². The maximum atomic E-state index is 5.03. The molecule has 0 aliphatic carbocycles. The lowest BCUT2D eigenvalue weighted by Crippen LogP contribution is -2.32. The first-order valence-electron chi connectivity index (χ1n) is 2.88. The Kier molecular flexibility index (Phi) is 5.77. The highest BCUT2D eigenvalue weighted by molar-refractivity contribution is 6.12. The molecular formula is C5H16ClNOSi. The fraction of sp³-hybridized carbons (Fsp3) is 1.00. The van der Waals surface area contributed by atoms with Crippen molar-refractivity contribution in [1.29, 1.82) is 0 Å². The predicted molar refractivity (Wildman–Crippen MR) is 46.0 cm³/mol. The topological polar surface area (TPSA) is 35.2 Å². The van der Waals surface area contributed by atoms with Crippen LogP contribution in [0.15, 0.2) is 0 Å². The van der Waals surface area contributed by atoms with Crippen molar-refractivity contribution < 1.29 is 4.84 Å². The molecule has 58 valence electrons. The highest BCUT2D eigenvalue weighted by atomic mass is 35.5. The molecule has 0 radical (unpaired) electrons. The smallest absolute Gasteiger partial charge is 0.0831 e. The second-order valence-electron chi connectivity index (χ2n) is 2.88. The fourth-order valence-corrected chi connectivity index (χ4v) is 0.272. The van der Waals surface area contributed by atoms with Gasteiger partial charge in [0.25, 0.3) is 0 Å². The van der Waals surface area contributed by atoms with Crippen LogP contribution in [0.1, 0.15) is 20.8 Å². The second kappa shape index (κ2) is 4.28. The quantitative estimate of drug-likeness (QED) is 0.475. The van der Waals surface area contributed by atoms with Gasteiger partial charge in [0.15, 0.2) is 0 Å². The van der Waals surface area contributed by atoms with E-state index in [0.717, 1.165) is 10.2 Å². The summed E-state index contributed by atoms with van der Waals surface area (Å²) < 4.78 is 0. The average Bonchev–Trinajstić information content (AvgIpc) is 1.67. The van der Waals surface area contributed by atoms with Crippen LogP contribution in [0.25, 0.3) is 0 Å². The van der Waals surface area contributed by atoms with Gasteiger partial charge in [0, 0.05) is 10.2 Å². The third-order valence-electron chi connectivity index (χ3n) is 1.69. The third kappa shape index (κ3) is 3.92. The van der Waals surface area contributed by atoms with Gasteiger partial charge in [0.1, 0.15) is 0 Å². The molecule has 2 N–H and O–H groups in total. The SMILES string of the molecule is CC([SiH3])C(C)(C)ON.Cl. The van der Waals surface area contributed by atoms with E-state index in [9.17, 15) is 0 Å². The lowest BCUT2D eigenvalue weighted by Gasteiger charge is -2.25. The highest BCUT2D eigenvalue weighted by Gasteiger charge is 2.21. The Morgan fingerprint density at radius 1 is 1.56 bits per heavy atom. The molecule has 0 aliphatic rings. The van der Waals surface area contributed by atoms with Gasteiger partial charge in [-0.3, -0.25) is 4.84 Å². The van der Waals surface area contributed by atoms with Crippen LogP contribution in [0.3, 0.4) is 0 Å². The molecule has 0 aromatic heterocycles. The van der Waals surface area contributed by atoms with E-state index in [1.54, 1.807) is 0 Å². The van der Waals surface area contributed by atoms with Gasteiger partial charge in [-0.2, -0.15) is 0 Å². The maximum absolute atomic E-state index is 5.03. The van der Waals surface area contributed by atoms with Crippen molar-refractivity contribution in [3.8, 4) is 0 Å². The minimum atomic E-state index is -0.119. The monoisotopic (exact) mass is 169 g/mol. The van der Waals surface area contributed by atoms with Crippen LogP contribution in [-0.2, 0) is 4.84 Å². The van der Waals surface area contributed by atoms with Gasteiger partial charge < -0.3 is 0 Å². The summed E-state index contributed by atoms with van der Waals surface area (Å²) in [5, 5.41) is 0. The van der Waals surface area contributed by atoms with Crippen LogP contribution in [0, 0.1) is 0 Å². The first-order chi connectivity index (χ1) is 3.50. The van der Waals surface area contributed by atoms with Crippen LogP contribution < -0.4 is 5.90 Å². The number of halogens is 1. The molecule has 0 aromatic carbocycles. The van der Waals surface area contributed by atoms with E-state index in [0.29, 0.717) is 5.54 Å². The minimum absolute atomic E-state index is 0. The average molecular weight is 170 g/mol. The Morgan fingerprint density at radius 2 is 1.89 bits per heavy atom. The molecule has 0 aromatic rings. The van der Waals surface area contributed by atoms with Gasteiger partial charge in [0.05, 0.1) is 5.60 Å². The summed E-state index contributed by atoms with van der Waals surface area (Å²) >= 11 is 0. The van der Waals surface area contributed by atoms with Gasteiger partial charge in [-0.25, -0.2) is 5.90 Å². The predicted octanol–water partition coefficient (Wildman–Crippen LogP) is 0.251. The van der Waals surface area contributed by atoms with Gasteiger partial charge in [-0.1, -0.05) is 6.92 Å². The van der Waals surface area contributed by atoms with Crippen LogP contribution >= 0.6 is 12.4 Å². The first kappa shape index (κ1) is 12.1. The molecule has 1 unspecified atom stereocenters. The molecule has 2 nitrogen and oxygen atoms in total. The Morgan fingerprint density at radius 3 is 1.89 bits per heavy atom. The second-order valence-corrected chi connectivity index (χ2v) is 4.61. The third-order valence-corrected chi connectivity index (χ3v) is 3.08. The van der Waals surface area contributed by atoms with Crippen molar-refractivity contribution in [2.75, 3.05) is 0 Å². The molecule has 0 fully saturated rings. The molecule has 1 atom stereocenters. The summed E-state index contributed by atoms with van der Waals surface area (Å²) in [6.07, 6.45) is 0. The summed E-state index contributed by atoms with van der Waals surface area (Å²) in [6.45, 7) is 6.15. The van der Waals surface area contributed by atoms with Gasteiger partial charge in [-0.05, 0) is 19.4 Å². The normalized spacial score (nSPS) is 14.7. The van der Waals surface area contributed by atoms with Crippen molar-refractivity contribution in [1.82, 2.24) is 0 Å². The van der Waals surface area contributed by atoms with E-state index in [1.807, 2.05) is 13.8 Å². The zero-order chi connectivity index (χ0) is 6.78. The Hall–Kier alpha value is 0.427. The van der Waals surface area contributed by atoms with E-state index in [1.165, 1.54) is 0 Å². The van der Waals surface area contributed by atoms with E-state index in [-0.39, 0.29) is 18.0 Å². The van der Waals surface area contributed by atoms with Gasteiger partial charge in [0.2, 0.25) is 0 Å². The first-order valence-corrected chi connectivity index (χ1v) is 4.04. The molecule has 0 amide bonds. The zero-order valence-corrected chi connectivity index (χ0v) is 9.29. The maximum Gasteiger partial charge on any atom is 0.0831 e. The van der Waals surface area contributed by atoms with E-state index >= 15 is 0 Å². The Balaban J connectivity index is 0. The zero-order valence-electron chi connectivity index (χ0n) is 6.47. The molecule has 0 saturated carbocycles. The van der Waals surface area contributed by atoms with Gasteiger partial charge in [-0.15, -0.1) is 12.4 Å². The summed E-state index contributed by atoms with van der Waals surface area (Å²) in [6, 6.07) is 0. The fourth-order valence-electron chi connectivity index (χ4n) is 0.136. The molecule has 4 heteroatoms. The van der Waals surface area contributed by atoms with Crippen molar-refractivity contribution >= 4 is 22.6 Å². The molecule has 0 aliphatic heterocycles. The molecule has 0 rings (SSSR count). The standard InChI is InChI=1S/C5H15NOSi.ClH/c1-4(8)5(2,3)7-6;/h4H,6H2,1-3,8H3;1H.